The maximum atomic E-state index is 11.3. The molecule has 4 aromatic rings. The average Bonchev–Trinajstić information content (AvgIpc) is 3.15. The molecule has 3 N–H and O–H groups in total. The molecular formula is C19H16Cl2N4O2. The molecule has 27 heavy (non-hydrogen) atoms. The number of rotatable bonds is 4. The molecule has 4 rings (SSSR count). The zero-order valence-corrected chi connectivity index (χ0v) is 15.9. The standard InChI is InChI=1S/C12H10Cl2N2O2.C7H6N2/c1-15-9-10(12(18)11(9)17)16-5-6-2-3-7(13)4-8(6)14;1-2-4-7-6(3-1)5-8-9-7/h2-4,15-16H,5H2,1H3;1-5H,(H,8,9). The van der Waals surface area contributed by atoms with E-state index < -0.39 is 10.9 Å². The second-order valence-electron chi connectivity index (χ2n) is 5.70. The molecule has 8 heteroatoms. The van der Waals surface area contributed by atoms with Crippen molar-refractivity contribution in [3.8, 4) is 0 Å². The minimum atomic E-state index is -0.510. The maximum absolute atomic E-state index is 11.3. The molecule has 1 heterocycles. The fraction of sp³-hybridized carbons (Fsp3) is 0.105. The third-order valence-electron chi connectivity index (χ3n) is 3.98. The number of anilines is 2. The van der Waals surface area contributed by atoms with Crippen LogP contribution in [0.2, 0.25) is 10.0 Å². The van der Waals surface area contributed by atoms with Crippen LogP contribution in [0.1, 0.15) is 5.56 Å². The molecule has 0 spiro atoms. The van der Waals surface area contributed by atoms with Crippen molar-refractivity contribution in [1.29, 1.82) is 0 Å². The van der Waals surface area contributed by atoms with Gasteiger partial charge in [-0.2, -0.15) is 5.10 Å². The van der Waals surface area contributed by atoms with Gasteiger partial charge < -0.3 is 10.6 Å². The number of aromatic amines is 1. The van der Waals surface area contributed by atoms with Crippen molar-refractivity contribution in [2.45, 2.75) is 6.54 Å². The van der Waals surface area contributed by atoms with E-state index in [1.165, 1.54) is 0 Å². The first-order chi connectivity index (χ1) is 13.0. The predicted octanol–water partition coefficient (Wildman–Crippen LogP) is 3.81. The highest BCUT2D eigenvalue weighted by Crippen LogP contribution is 2.22. The first-order valence-electron chi connectivity index (χ1n) is 8.08. The average molecular weight is 403 g/mol. The number of fused-ring (bicyclic) bond motifs is 1. The summed E-state index contributed by atoms with van der Waals surface area (Å²) < 4.78 is 0. The molecule has 0 radical (unpaired) electrons. The number of hydrogen-bond donors (Lipinski definition) is 3. The van der Waals surface area contributed by atoms with Crippen LogP contribution in [-0.2, 0) is 6.54 Å². The number of benzene rings is 2. The number of hydrogen-bond acceptors (Lipinski definition) is 5. The molecule has 138 valence electrons. The first-order valence-corrected chi connectivity index (χ1v) is 8.84. The largest absolute Gasteiger partial charge is 0.383 e. The van der Waals surface area contributed by atoms with E-state index in [1.807, 2.05) is 30.5 Å². The van der Waals surface area contributed by atoms with E-state index in [4.69, 9.17) is 23.2 Å². The molecule has 0 unspecified atom stereocenters. The van der Waals surface area contributed by atoms with Crippen LogP contribution in [0.4, 0.5) is 11.4 Å². The van der Waals surface area contributed by atoms with Gasteiger partial charge in [-0.25, -0.2) is 0 Å². The van der Waals surface area contributed by atoms with Gasteiger partial charge >= 0.3 is 0 Å². The van der Waals surface area contributed by atoms with E-state index in [9.17, 15) is 9.59 Å². The van der Waals surface area contributed by atoms with Gasteiger partial charge in [0.05, 0.1) is 11.7 Å². The van der Waals surface area contributed by atoms with Crippen LogP contribution in [0.25, 0.3) is 10.9 Å². The summed E-state index contributed by atoms with van der Waals surface area (Å²) in [6.07, 6.45) is 1.81. The summed E-state index contributed by atoms with van der Waals surface area (Å²) in [4.78, 5) is 22.5. The number of halogens is 2. The van der Waals surface area contributed by atoms with Gasteiger partial charge in [-0.05, 0) is 23.8 Å². The van der Waals surface area contributed by atoms with E-state index in [-0.39, 0.29) is 0 Å². The van der Waals surface area contributed by atoms with Gasteiger partial charge in [-0.1, -0.05) is 47.5 Å². The first kappa shape index (κ1) is 18.9. The lowest BCUT2D eigenvalue weighted by Gasteiger charge is -2.13. The Morgan fingerprint density at radius 3 is 2.48 bits per heavy atom. The van der Waals surface area contributed by atoms with Crippen molar-refractivity contribution in [1.82, 2.24) is 10.2 Å². The fourth-order valence-corrected chi connectivity index (χ4v) is 3.01. The number of aromatic nitrogens is 2. The zero-order chi connectivity index (χ0) is 19.4. The van der Waals surface area contributed by atoms with Crippen LogP contribution >= 0.6 is 23.2 Å². The van der Waals surface area contributed by atoms with Gasteiger partial charge in [0.15, 0.2) is 0 Å². The van der Waals surface area contributed by atoms with Gasteiger partial charge in [0.1, 0.15) is 11.4 Å². The fourth-order valence-electron chi connectivity index (χ4n) is 2.53. The number of H-pyrrole nitrogens is 1. The molecule has 0 amide bonds. The normalized spacial score (nSPS) is 10.5. The minimum Gasteiger partial charge on any atom is -0.383 e. The van der Waals surface area contributed by atoms with Crippen LogP contribution in [0, 0.1) is 0 Å². The van der Waals surface area contributed by atoms with Crippen LogP contribution < -0.4 is 21.5 Å². The Morgan fingerprint density at radius 1 is 1.04 bits per heavy atom. The summed E-state index contributed by atoms with van der Waals surface area (Å²) in [5.74, 6) is 0. The topological polar surface area (TPSA) is 86.9 Å². The van der Waals surface area contributed by atoms with Gasteiger partial charge in [-0.15, -0.1) is 0 Å². The Hall–Kier alpha value is -2.83. The quantitative estimate of drug-likeness (QED) is 0.451. The van der Waals surface area contributed by atoms with Crippen LogP contribution in [0.3, 0.4) is 0 Å². The van der Waals surface area contributed by atoms with Crippen molar-refractivity contribution in [2.75, 3.05) is 17.7 Å². The summed E-state index contributed by atoms with van der Waals surface area (Å²) in [6.45, 7) is 0.357. The second-order valence-corrected chi connectivity index (χ2v) is 6.55. The summed E-state index contributed by atoms with van der Waals surface area (Å²) in [5, 5.41) is 14.6. The molecule has 0 bridgehead atoms. The third kappa shape index (κ3) is 4.13. The van der Waals surface area contributed by atoms with E-state index >= 15 is 0 Å². The molecule has 0 aliphatic heterocycles. The summed E-state index contributed by atoms with van der Waals surface area (Å²) >= 11 is 11.8. The molecule has 3 aromatic carbocycles. The molecule has 0 fully saturated rings. The number of para-hydroxylation sites is 1. The summed E-state index contributed by atoms with van der Waals surface area (Å²) in [6, 6.07) is 13.1. The maximum Gasteiger partial charge on any atom is 0.253 e. The SMILES string of the molecule is CNc1c(NCc2ccc(Cl)cc2Cl)c(=O)c1=O.c1ccc2[nH]ncc2c1. The summed E-state index contributed by atoms with van der Waals surface area (Å²) in [5.41, 5.74) is 1.50. The molecule has 0 aliphatic rings. The monoisotopic (exact) mass is 402 g/mol. The number of nitrogens with one attached hydrogen (secondary N) is 3. The van der Waals surface area contributed by atoms with Crippen molar-refractivity contribution in [3.63, 3.8) is 0 Å². The van der Waals surface area contributed by atoms with Gasteiger partial charge in [0, 0.05) is 29.0 Å². The Labute approximate surface area is 164 Å². The molecule has 0 saturated carbocycles. The van der Waals surface area contributed by atoms with Crippen molar-refractivity contribution < 1.29 is 0 Å². The van der Waals surface area contributed by atoms with Crippen molar-refractivity contribution >= 4 is 45.5 Å². The Morgan fingerprint density at radius 2 is 1.78 bits per heavy atom. The Balaban J connectivity index is 0.000000193. The molecular weight excluding hydrogens is 387 g/mol. The number of nitrogens with zero attached hydrogens (tertiary/aromatic N) is 1. The van der Waals surface area contributed by atoms with E-state index in [2.05, 4.69) is 20.8 Å². The molecule has 0 atom stereocenters. The molecule has 1 aromatic heterocycles. The van der Waals surface area contributed by atoms with Crippen molar-refractivity contribution in [2.24, 2.45) is 0 Å². The van der Waals surface area contributed by atoms with E-state index in [0.29, 0.717) is 28.0 Å². The molecule has 6 nitrogen and oxygen atoms in total. The van der Waals surface area contributed by atoms with E-state index in [0.717, 1.165) is 16.5 Å². The second kappa shape index (κ2) is 8.24. The highest BCUT2D eigenvalue weighted by atomic mass is 35.5. The van der Waals surface area contributed by atoms with Crippen molar-refractivity contribution in [3.05, 3.63) is 84.7 Å². The van der Waals surface area contributed by atoms with Gasteiger partial charge in [0.2, 0.25) is 0 Å². The van der Waals surface area contributed by atoms with Crippen LogP contribution in [0.15, 0.2) is 58.3 Å². The van der Waals surface area contributed by atoms with Gasteiger partial charge in [-0.3, -0.25) is 14.7 Å². The van der Waals surface area contributed by atoms with Crippen LogP contribution in [-0.4, -0.2) is 17.2 Å². The van der Waals surface area contributed by atoms with Gasteiger partial charge in [0.25, 0.3) is 10.9 Å². The summed E-state index contributed by atoms with van der Waals surface area (Å²) in [7, 11) is 1.59. The zero-order valence-electron chi connectivity index (χ0n) is 14.3. The smallest absolute Gasteiger partial charge is 0.253 e. The third-order valence-corrected chi connectivity index (χ3v) is 4.57. The molecule has 0 aliphatic carbocycles. The van der Waals surface area contributed by atoms with E-state index in [1.54, 1.807) is 25.2 Å². The lowest BCUT2D eigenvalue weighted by Crippen LogP contribution is -2.36. The highest BCUT2D eigenvalue weighted by molar-refractivity contribution is 6.35. The van der Waals surface area contributed by atoms with Crippen LogP contribution in [0.5, 0.6) is 0 Å². The molecule has 0 saturated heterocycles. The Kier molecular flexibility index (Phi) is 5.78. The lowest BCUT2D eigenvalue weighted by molar-refractivity contribution is 1.12. The Bertz CT molecular complexity index is 1120. The predicted molar refractivity (Wildman–Crippen MR) is 111 cm³/mol. The lowest BCUT2D eigenvalue weighted by atomic mass is 10.1. The minimum absolute atomic E-state index is 0.300. The highest BCUT2D eigenvalue weighted by Gasteiger charge is 2.19.